The molecule has 2 heterocycles. The molecule has 0 unspecified atom stereocenters. The van der Waals surface area contributed by atoms with E-state index in [4.69, 9.17) is 0 Å². The molecule has 0 spiro atoms. The van der Waals surface area contributed by atoms with Gasteiger partial charge in [0.15, 0.2) is 0 Å². The van der Waals surface area contributed by atoms with E-state index in [9.17, 15) is 4.11 Å². The molecule has 0 radical (unpaired) electrons. The zero-order valence-corrected chi connectivity index (χ0v) is 46.9. The molecule has 0 saturated heterocycles. The molecule has 0 atom stereocenters. The third kappa shape index (κ3) is 7.88. The summed E-state index contributed by atoms with van der Waals surface area (Å²) < 4.78 is 28.4. The lowest BCUT2D eigenvalue weighted by Crippen LogP contribution is -2.62. The first-order chi connectivity index (χ1) is 36.7. The highest BCUT2D eigenvalue weighted by Gasteiger charge is 2.48. The maximum absolute atomic E-state index is 9.46. The topological polar surface area (TPSA) is 6.48 Å². The number of anilines is 6. The molecule has 0 N–H and O–H groups in total. The highest BCUT2D eigenvalue weighted by molar-refractivity contribution is 7.00. The maximum atomic E-state index is 9.46. The predicted octanol–water partition coefficient (Wildman–Crippen LogP) is 17.7. The van der Waals surface area contributed by atoms with Crippen LogP contribution in [0.25, 0.3) is 22.3 Å². The van der Waals surface area contributed by atoms with Gasteiger partial charge in [-0.3, -0.25) is 0 Å². The third-order valence-corrected chi connectivity index (χ3v) is 18.7. The molecule has 0 bridgehead atoms. The van der Waals surface area contributed by atoms with Gasteiger partial charge in [0.25, 0.3) is 6.71 Å². The monoisotopic (exact) mass is 984 g/mol. The van der Waals surface area contributed by atoms with E-state index in [1.807, 2.05) is 12.1 Å². The number of benzene rings is 8. The summed E-state index contributed by atoms with van der Waals surface area (Å²) in [6.45, 7) is 28.3. The van der Waals surface area contributed by atoms with Crippen LogP contribution < -0.4 is 26.2 Å². The van der Waals surface area contributed by atoms with Crippen molar-refractivity contribution in [1.82, 2.24) is 0 Å². The number of rotatable bonds is 6. The first-order valence-corrected chi connectivity index (χ1v) is 27.8. The van der Waals surface area contributed by atoms with Crippen LogP contribution in [0.1, 0.15) is 164 Å². The minimum absolute atomic E-state index is 0.0247. The standard InChI is InChI=1S/C72H77BN2/c1-46-38-63-65-64(39-46)75(66-53(47-24-18-15-19-25-47)40-51(67(2,3)4)41-54(66)48-26-20-16-21-27-48)61-42-50(72(13,14)49-28-22-17-23-29-49)30-33-59(61)73(65)60-44-57-58(71(11,12)37-36-70(57,9)10)45-62(60)74(63)52-31-32-55-56(43-52)69(7,8)35-34-68(55,5)6/h15-33,38-45H,34-37H2,1-14H3/i1D3. The number of hydrogen-bond donors (Lipinski definition) is 0. The number of hydrogen-bond acceptors (Lipinski definition) is 2. The average molecular weight is 984 g/mol. The molecule has 12 rings (SSSR count). The molecule has 2 aliphatic carbocycles. The van der Waals surface area contributed by atoms with E-state index >= 15 is 0 Å². The van der Waals surface area contributed by atoms with Gasteiger partial charge in [0, 0.05) is 49.1 Å². The van der Waals surface area contributed by atoms with Gasteiger partial charge in [-0.15, -0.1) is 0 Å². The Morgan fingerprint density at radius 2 is 0.920 bits per heavy atom. The Hall–Kier alpha value is -6.58. The molecule has 2 aliphatic heterocycles. The van der Waals surface area contributed by atoms with Crippen molar-refractivity contribution in [2.75, 3.05) is 9.80 Å². The van der Waals surface area contributed by atoms with Gasteiger partial charge >= 0.3 is 0 Å². The van der Waals surface area contributed by atoms with Gasteiger partial charge in [0.2, 0.25) is 0 Å². The van der Waals surface area contributed by atoms with Gasteiger partial charge < -0.3 is 9.80 Å². The van der Waals surface area contributed by atoms with Crippen LogP contribution in [0.3, 0.4) is 0 Å². The average Bonchev–Trinajstić information content (AvgIpc) is 3.57. The second kappa shape index (κ2) is 17.0. The quantitative estimate of drug-likeness (QED) is 0.153. The Labute approximate surface area is 454 Å². The minimum atomic E-state index is -2.43. The summed E-state index contributed by atoms with van der Waals surface area (Å²) in [5.41, 5.74) is 22.9. The summed E-state index contributed by atoms with van der Waals surface area (Å²) >= 11 is 0. The van der Waals surface area contributed by atoms with Gasteiger partial charge in [-0.05, 0) is 180 Å². The Morgan fingerprint density at radius 1 is 0.427 bits per heavy atom. The maximum Gasteiger partial charge on any atom is 0.252 e. The fourth-order valence-electron chi connectivity index (χ4n) is 13.7. The molecule has 0 saturated carbocycles. The number of fused-ring (bicyclic) bond motifs is 6. The SMILES string of the molecule is [2H]C([2H])([2H])c1cc2c3c(c1)N(c1c(-c4ccccc4)cc(C(C)(C)C)cc1-c1ccccc1)c1cc(C(C)(C)c4ccccc4)ccc1B3c1cc3c(cc1N2c1ccc2c(c1)C(C)(C)CCC2(C)C)C(C)(C)CCC3(C)C. The van der Waals surface area contributed by atoms with E-state index in [2.05, 4.69) is 251 Å². The molecule has 0 aromatic heterocycles. The van der Waals surface area contributed by atoms with Crippen LogP contribution in [0.2, 0.25) is 0 Å². The van der Waals surface area contributed by atoms with Gasteiger partial charge in [-0.2, -0.15) is 0 Å². The van der Waals surface area contributed by atoms with E-state index < -0.39 is 6.85 Å². The number of aryl methyl sites for hydroxylation is 1. The lowest BCUT2D eigenvalue weighted by Gasteiger charge is -2.48. The molecular formula is C72H77BN2. The minimum Gasteiger partial charge on any atom is -0.311 e. The number of nitrogens with zero attached hydrogens (tertiary/aromatic N) is 2. The summed E-state index contributed by atoms with van der Waals surface area (Å²) in [4.78, 5) is 5.00. The molecular weight excluding hydrogens is 904 g/mol. The Balaban J connectivity index is 1.27. The van der Waals surface area contributed by atoms with Crippen molar-refractivity contribution in [3.05, 3.63) is 208 Å². The van der Waals surface area contributed by atoms with Gasteiger partial charge in [0.1, 0.15) is 0 Å². The molecule has 8 aromatic carbocycles. The highest BCUT2D eigenvalue weighted by atomic mass is 15.2. The molecule has 8 aromatic rings. The van der Waals surface area contributed by atoms with Crippen LogP contribution in [0.4, 0.5) is 34.1 Å². The third-order valence-electron chi connectivity index (χ3n) is 18.7. The zero-order chi connectivity index (χ0) is 55.3. The molecule has 378 valence electrons. The molecule has 3 heteroatoms. The fraction of sp³-hybridized carbons (Fsp3) is 0.333. The second-order valence-electron chi connectivity index (χ2n) is 26.9. The van der Waals surface area contributed by atoms with Gasteiger partial charge in [-0.25, -0.2) is 0 Å². The van der Waals surface area contributed by atoms with Gasteiger partial charge in [-0.1, -0.05) is 205 Å². The van der Waals surface area contributed by atoms with Crippen LogP contribution >= 0.6 is 0 Å². The van der Waals surface area contributed by atoms with Crippen molar-refractivity contribution >= 4 is 57.2 Å². The van der Waals surface area contributed by atoms with Crippen molar-refractivity contribution < 1.29 is 4.11 Å². The highest BCUT2D eigenvalue weighted by Crippen LogP contribution is 2.55. The molecule has 2 nitrogen and oxygen atoms in total. The summed E-state index contributed by atoms with van der Waals surface area (Å²) in [5.74, 6) is 0. The summed E-state index contributed by atoms with van der Waals surface area (Å²) in [7, 11) is 0. The van der Waals surface area contributed by atoms with Crippen molar-refractivity contribution in [2.45, 2.75) is 155 Å². The second-order valence-corrected chi connectivity index (χ2v) is 26.9. The van der Waals surface area contributed by atoms with E-state index in [1.54, 1.807) is 0 Å². The van der Waals surface area contributed by atoms with Crippen molar-refractivity contribution in [3.8, 4) is 22.3 Å². The first kappa shape index (κ1) is 45.8. The molecule has 4 aliphatic rings. The largest absolute Gasteiger partial charge is 0.311 e. The Kier molecular flexibility index (Phi) is 10.4. The van der Waals surface area contributed by atoms with Crippen LogP contribution in [-0.4, -0.2) is 6.71 Å². The van der Waals surface area contributed by atoms with Crippen LogP contribution in [-0.2, 0) is 32.5 Å². The molecule has 0 amide bonds. The van der Waals surface area contributed by atoms with E-state index in [1.165, 1.54) is 49.9 Å². The van der Waals surface area contributed by atoms with Crippen molar-refractivity contribution in [3.63, 3.8) is 0 Å². The zero-order valence-electron chi connectivity index (χ0n) is 49.9. The fourth-order valence-corrected chi connectivity index (χ4v) is 13.7. The summed E-state index contributed by atoms with van der Waals surface area (Å²) in [5, 5.41) is 0. The normalized spacial score (nSPS) is 18.4. The van der Waals surface area contributed by atoms with Crippen LogP contribution in [0, 0.1) is 6.85 Å². The lowest BCUT2D eigenvalue weighted by atomic mass is 9.33. The first-order valence-electron chi connectivity index (χ1n) is 29.3. The van der Waals surface area contributed by atoms with Crippen LogP contribution in [0.15, 0.2) is 164 Å². The summed E-state index contributed by atoms with van der Waals surface area (Å²) in [6.07, 6.45) is 4.39. The lowest BCUT2D eigenvalue weighted by molar-refractivity contribution is 0.332. The van der Waals surface area contributed by atoms with Crippen molar-refractivity contribution in [2.24, 2.45) is 0 Å². The smallest absolute Gasteiger partial charge is 0.252 e. The van der Waals surface area contributed by atoms with E-state index in [-0.39, 0.29) is 39.2 Å². The summed E-state index contributed by atoms with van der Waals surface area (Å²) in [6, 6.07) is 61.1. The Bertz CT molecular complexity index is 3630. The van der Waals surface area contributed by atoms with E-state index in [0.717, 1.165) is 87.5 Å². The van der Waals surface area contributed by atoms with E-state index in [0.29, 0.717) is 5.56 Å². The molecule has 0 fully saturated rings. The predicted molar refractivity (Wildman–Crippen MR) is 324 cm³/mol. The van der Waals surface area contributed by atoms with Crippen LogP contribution in [0.5, 0.6) is 0 Å². The van der Waals surface area contributed by atoms with Crippen molar-refractivity contribution in [1.29, 1.82) is 0 Å². The van der Waals surface area contributed by atoms with Gasteiger partial charge in [0.05, 0.1) is 5.69 Å². The Morgan fingerprint density at radius 3 is 1.47 bits per heavy atom. The molecule has 75 heavy (non-hydrogen) atoms.